The van der Waals surface area contributed by atoms with E-state index in [-0.39, 0.29) is 27.6 Å². The molecule has 17 heavy (non-hydrogen) atoms. The van der Waals surface area contributed by atoms with Crippen LogP contribution in [-0.4, -0.2) is 24.2 Å². The van der Waals surface area contributed by atoms with Gasteiger partial charge in [-0.15, -0.1) is 0 Å². The molecule has 1 heterocycles. The maximum atomic E-state index is 11.8. The minimum atomic E-state index is -0.185. The molecule has 0 saturated carbocycles. The number of phenolic OH excluding ortho intramolecular Hbond substituents is 1. The molecule has 0 bridgehead atoms. The van der Waals surface area contributed by atoms with Gasteiger partial charge in [0.2, 0.25) is 5.91 Å². The van der Waals surface area contributed by atoms with Crippen LogP contribution in [0.3, 0.4) is 0 Å². The number of ether oxygens (including phenoxy) is 1. The maximum Gasteiger partial charge on any atom is 0.229 e. The van der Waals surface area contributed by atoms with Crippen LogP contribution in [0, 0.1) is 5.92 Å². The number of aromatic hydroxyl groups is 1. The van der Waals surface area contributed by atoms with Gasteiger partial charge in [-0.2, -0.15) is 0 Å². The second-order valence-electron chi connectivity index (χ2n) is 3.84. The lowest BCUT2D eigenvalue weighted by Crippen LogP contribution is -2.22. The molecular formula is C11H11Cl2NO3. The second-order valence-corrected chi connectivity index (χ2v) is 4.65. The Morgan fingerprint density at radius 2 is 2.06 bits per heavy atom. The van der Waals surface area contributed by atoms with Crippen LogP contribution in [0.4, 0.5) is 5.69 Å². The van der Waals surface area contributed by atoms with Crippen molar-refractivity contribution < 1.29 is 14.6 Å². The van der Waals surface area contributed by atoms with Crippen LogP contribution in [0.5, 0.6) is 5.75 Å². The Labute approximate surface area is 108 Å². The average Bonchev–Trinajstić information content (AvgIpc) is 2.79. The van der Waals surface area contributed by atoms with E-state index in [9.17, 15) is 9.90 Å². The van der Waals surface area contributed by atoms with Gasteiger partial charge in [0.15, 0.2) is 5.75 Å². The molecular weight excluding hydrogens is 265 g/mol. The largest absolute Gasteiger partial charge is 0.505 e. The molecule has 92 valence electrons. The average molecular weight is 276 g/mol. The Bertz CT molecular complexity index is 421. The third-order valence-corrected chi connectivity index (χ3v) is 3.16. The number of carbonyl (C=O) groups is 1. The van der Waals surface area contributed by atoms with E-state index in [4.69, 9.17) is 27.9 Å². The molecule has 2 N–H and O–H groups in total. The predicted octanol–water partition coefficient (Wildman–Crippen LogP) is 2.67. The fraction of sp³-hybridized carbons (Fsp3) is 0.364. The van der Waals surface area contributed by atoms with Gasteiger partial charge in [-0.1, -0.05) is 23.2 Å². The van der Waals surface area contributed by atoms with E-state index < -0.39 is 0 Å². The number of benzene rings is 1. The van der Waals surface area contributed by atoms with Crippen LogP contribution in [0.25, 0.3) is 0 Å². The number of rotatable bonds is 2. The molecule has 1 aromatic carbocycles. The molecule has 1 saturated heterocycles. The van der Waals surface area contributed by atoms with Crippen molar-refractivity contribution in [3.8, 4) is 5.75 Å². The minimum Gasteiger partial charge on any atom is -0.505 e. The molecule has 1 atom stereocenters. The van der Waals surface area contributed by atoms with E-state index in [1.807, 2.05) is 0 Å². The van der Waals surface area contributed by atoms with E-state index in [0.29, 0.717) is 25.3 Å². The highest BCUT2D eigenvalue weighted by molar-refractivity contribution is 6.37. The molecule has 1 aliphatic heterocycles. The normalized spacial score (nSPS) is 19.3. The lowest BCUT2D eigenvalue weighted by atomic mass is 10.1. The van der Waals surface area contributed by atoms with Gasteiger partial charge in [0.1, 0.15) is 0 Å². The van der Waals surface area contributed by atoms with Crippen LogP contribution in [0.1, 0.15) is 6.42 Å². The van der Waals surface area contributed by atoms with E-state index in [2.05, 4.69) is 5.32 Å². The molecule has 0 aromatic heterocycles. The predicted molar refractivity (Wildman–Crippen MR) is 65.7 cm³/mol. The van der Waals surface area contributed by atoms with Crippen LogP contribution in [0.15, 0.2) is 12.1 Å². The Hall–Kier alpha value is -0.970. The zero-order chi connectivity index (χ0) is 12.4. The molecule has 0 spiro atoms. The smallest absolute Gasteiger partial charge is 0.229 e. The highest BCUT2D eigenvalue weighted by Gasteiger charge is 2.23. The standard InChI is InChI=1S/C11H11Cl2NO3/c12-8-3-7(4-9(13)10(8)15)14-11(16)6-1-2-17-5-6/h3-4,6,15H,1-2,5H2,(H,14,16). The van der Waals surface area contributed by atoms with Gasteiger partial charge in [0.25, 0.3) is 0 Å². The lowest BCUT2D eigenvalue weighted by Gasteiger charge is -2.10. The third-order valence-electron chi connectivity index (χ3n) is 2.58. The van der Waals surface area contributed by atoms with Gasteiger partial charge >= 0.3 is 0 Å². The van der Waals surface area contributed by atoms with Crippen LogP contribution < -0.4 is 5.32 Å². The molecule has 1 aromatic rings. The molecule has 1 amide bonds. The number of halogens is 2. The summed E-state index contributed by atoms with van der Waals surface area (Å²) in [5, 5.41) is 12.3. The number of anilines is 1. The van der Waals surface area contributed by atoms with Gasteiger partial charge in [0.05, 0.1) is 22.6 Å². The molecule has 1 aliphatic rings. The second kappa shape index (κ2) is 5.12. The van der Waals surface area contributed by atoms with E-state index in [0.717, 1.165) is 0 Å². The number of nitrogens with one attached hydrogen (secondary N) is 1. The zero-order valence-corrected chi connectivity index (χ0v) is 10.4. The number of hydrogen-bond donors (Lipinski definition) is 2. The Morgan fingerprint density at radius 1 is 1.41 bits per heavy atom. The number of phenols is 1. The summed E-state index contributed by atoms with van der Waals surface area (Å²) in [6, 6.07) is 2.91. The van der Waals surface area contributed by atoms with Crippen molar-refractivity contribution in [3.63, 3.8) is 0 Å². The summed E-state index contributed by atoms with van der Waals surface area (Å²) >= 11 is 11.5. The van der Waals surface area contributed by atoms with Crippen LogP contribution >= 0.6 is 23.2 Å². The Morgan fingerprint density at radius 3 is 2.59 bits per heavy atom. The molecule has 1 fully saturated rings. The fourth-order valence-electron chi connectivity index (χ4n) is 1.62. The molecule has 4 nitrogen and oxygen atoms in total. The van der Waals surface area contributed by atoms with Crippen molar-refractivity contribution in [1.82, 2.24) is 0 Å². The number of carbonyl (C=O) groups excluding carboxylic acids is 1. The zero-order valence-electron chi connectivity index (χ0n) is 8.87. The van der Waals surface area contributed by atoms with Crippen molar-refractivity contribution in [2.75, 3.05) is 18.5 Å². The van der Waals surface area contributed by atoms with Gasteiger partial charge < -0.3 is 15.2 Å². The summed E-state index contributed by atoms with van der Waals surface area (Å²) in [4.78, 5) is 11.8. The van der Waals surface area contributed by atoms with Crippen molar-refractivity contribution in [3.05, 3.63) is 22.2 Å². The summed E-state index contributed by atoms with van der Waals surface area (Å²) < 4.78 is 5.13. The van der Waals surface area contributed by atoms with Crippen molar-refractivity contribution in [2.45, 2.75) is 6.42 Å². The number of amides is 1. The highest BCUT2D eigenvalue weighted by atomic mass is 35.5. The van der Waals surface area contributed by atoms with Gasteiger partial charge in [0, 0.05) is 12.3 Å². The summed E-state index contributed by atoms with van der Waals surface area (Å²) in [5.74, 6) is -0.447. The SMILES string of the molecule is O=C(Nc1cc(Cl)c(O)c(Cl)c1)C1CCOC1. The molecule has 0 radical (unpaired) electrons. The summed E-state index contributed by atoms with van der Waals surface area (Å²) in [5.41, 5.74) is 0.467. The first-order chi connectivity index (χ1) is 8.08. The molecule has 0 aliphatic carbocycles. The Kier molecular flexibility index (Phi) is 3.76. The van der Waals surface area contributed by atoms with E-state index in [1.165, 1.54) is 12.1 Å². The summed E-state index contributed by atoms with van der Waals surface area (Å²) in [6.07, 6.45) is 0.714. The van der Waals surface area contributed by atoms with Gasteiger partial charge in [-0.3, -0.25) is 4.79 Å². The lowest BCUT2D eigenvalue weighted by molar-refractivity contribution is -0.119. The fourth-order valence-corrected chi connectivity index (χ4v) is 2.11. The quantitative estimate of drug-likeness (QED) is 0.816. The molecule has 1 unspecified atom stereocenters. The first-order valence-corrected chi connectivity index (χ1v) is 5.90. The van der Waals surface area contributed by atoms with Gasteiger partial charge in [-0.05, 0) is 18.6 Å². The molecule has 2 rings (SSSR count). The Balaban J connectivity index is 2.10. The summed E-state index contributed by atoms with van der Waals surface area (Å²) in [7, 11) is 0. The first-order valence-electron chi connectivity index (χ1n) is 5.14. The molecule has 6 heteroatoms. The van der Waals surface area contributed by atoms with Crippen molar-refractivity contribution in [1.29, 1.82) is 0 Å². The van der Waals surface area contributed by atoms with E-state index >= 15 is 0 Å². The van der Waals surface area contributed by atoms with Crippen molar-refractivity contribution >= 4 is 34.8 Å². The van der Waals surface area contributed by atoms with Gasteiger partial charge in [-0.25, -0.2) is 0 Å². The van der Waals surface area contributed by atoms with E-state index in [1.54, 1.807) is 0 Å². The summed E-state index contributed by atoms with van der Waals surface area (Å²) in [6.45, 7) is 1.04. The van der Waals surface area contributed by atoms with Crippen molar-refractivity contribution in [2.24, 2.45) is 5.92 Å². The first kappa shape index (κ1) is 12.5. The topological polar surface area (TPSA) is 58.6 Å². The van der Waals surface area contributed by atoms with Crippen LogP contribution in [-0.2, 0) is 9.53 Å². The minimum absolute atomic E-state index is 0.107. The highest BCUT2D eigenvalue weighted by Crippen LogP contribution is 2.34. The monoisotopic (exact) mass is 275 g/mol. The van der Waals surface area contributed by atoms with Crippen LogP contribution in [0.2, 0.25) is 10.0 Å². The maximum absolute atomic E-state index is 11.8. The third kappa shape index (κ3) is 2.83. The number of hydrogen-bond acceptors (Lipinski definition) is 3.